The van der Waals surface area contributed by atoms with Crippen LogP contribution in [0, 0.1) is 10.1 Å². The van der Waals surface area contributed by atoms with Gasteiger partial charge in [-0.15, -0.1) is 0 Å². The highest BCUT2D eigenvalue weighted by Crippen LogP contribution is 2.21. The average Bonchev–Trinajstić information content (AvgIpc) is 2.16. The van der Waals surface area contributed by atoms with Gasteiger partial charge in [0.2, 0.25) is 0 Å². The van der Waals surface area contributed by atoms with Crippen LogP contribution in [0.4, 0.5) is 18.9 Å². The Morgan fingerprint density at radius 2 is 1.81 bits per heavy atom. The zero-order valence-electron chi connectivity index (χ0n) is 8.07. The lowest BCUT2D eigenvalue weighted by Crippen LogP contribution is -2.03. The summed E-state index contributed by atoms with van der Waals surface area (Å²) in [6, 6.07) is 5.27. The lowest BCUT2D eigenvalue weighted by atomic mass is 10.2. The van der Waals surface area contributed by atoms with Crippen molar-refractivity contribution < 1.29 is 18.1 Å². The lowest BCUT2D eigenvalue weighted by Gasteiger charge is -2.00. The highest BCUT2D eigenvalue weighted by Gasteiger charge is 2.24. The minimum Gasteiger partial charge on any atom is -0.258 e. The van der Waals surface area contributed by atoms with Crippen molar-refractivity contribution in [3.63, 3.8) is 0 Å². The highest BCUT2D eigenvalue weighted by molar-refractivity contribution is 5.51. The highest BCUT2D eigenvalue weighted by atomic mass is 19.4. The molecular formula is C10H8F3NO2. The van der Waals surface area contributed by atoms with Crippen molar-refractivity contribution in [3.8, 4) is 0 Å². The number of allylic oxidation sites excluding steroid dienone is 1. The summed E-state index contributed by atoms with van der Waals surface area (Å²) in [6.07, 6.45) is -2.99. The van der Waals surface area contributed by atoms with Gasteiger partial charge in [0.1, 0.15) is 0 Å². The van der Waals surface area contributed by atoms with Crippen molar-refractivity contribution in [3.05, 3.63) is 46.0 Å². The number of alkyl halides is 3. The molecule has 0 amide bonds. The van der Waals surface area contributed by atoms with Crippen LogP contribution in [0.3, 0.4) is 0 Å². The van der Waals surface area contributed by atoms with Crippen LogP contribution in [0.1, 0.15) is 12.0 Å². The van der Waals surface area contributed by atoms with Gasteiger partial charge in [-0.25, -0.2) is 0 Å². The first kappa shape index (κ1) is 12.2. The number of nitrogens with zero attached hydrogens (tertiary/aromatic N) is 1. The third-order valence-electron chi connectivity index (χ3n) is 1.76. The van der Waals surface area contributed by atoms with E-state index in [-0.39, 0.29) is 5.69 Å². The first-order valence-electron chi connectivity index (χ1n) is 4.36. The summed E-state index contributed by atoms with van der Waals surface area (Å²) >= 11 is 0. The van der Waals surface area contributed by atoms with E-state index in [9.17, 15) is 23.3 Å². The Labute approximate surface area is 89.4 Å². The molecule has 16 heavy (non-hydrogen) atoms. The summed E-state index contributed by atoms with van der Waals surface area (Å²) < 4.78 is 35.4. The fourth-order valence-electron chi connectivity index (χ4n) is 1.04. The molecule has 86 valence electrons. The molecule has 0 bridgehead atoms. The molecule has 0 fully saturated rings. The topological polar surface area (TPSA) is 43.1 Å². The largest absolute Gasteiger partial charge is 0.392 e. The van der Waals surface area contributed by atoms with E-state index in [1.165, 1.54) is 30.3 Å². The van der Waals surface area contributed by atoms with Crippen molar-refractivity contribution in [1.82, 2.24) is 0 Å². The van der Waals surface area contributed by atoms with Crippen LogP contribution in [-0.4, -0.2) is 11.1 Å². The van der Waals surface area contributed by atoms with E-state index in [1.807, 2.05) is 0 Å². The second-order valence-electron chi connectivity index (χ2n) is 3.07. The molecule has 0 saturated carbocycles. The summed E-state index contributed by atoms with van der Waals surface area (Å²) in [6.45, 7) is 0. The maximum Gasteiger partial charge on any atom is 0.392 e. The van der Waals surface area contributed by atoms with Crippen LogP contribution in [-0.2, 0) is 0 Å². The molecule has 1 aromatic carbocycles. The normalized spacial score (nSPS) is 11.9. The maximum absolute atomic E-state index is 11.8. The van der Waals surface area contributed by atoms with Crippen molar-refractivity contribution in [2.45, 2.75) is 12.6 Å². The summed E-state index contributed by atoms with van der Waals surface area (Å²) in [4.78, 5) is 9.73. The molecule has 0 spiro atoms. The van der Waals surface area contributed by atoms with Gasteiger partial charge in [-0.3, -0.25) is 10.1 Å². The van der Waals surface area contributed by atoms with Gasteiger partial charge in [0.05, 0.1) is 11.3 Å². The lowest BCUT2D eigenvalue weighted by molar-refractivity contribution is -0.384. The average molecular weight is 231 g/mol. The minimum absolute atomic E-state index is 0.0898. The Balaban J connectivity index is 2.65. The quantitative estimate of drug-likeness (QED) is 0.589. The van der Waals surface area contributed by atoms with Crippen LogP contribution in [0.2, 0.25) is 0 Å². The predicted molar refractivity (Wildman–Crippen MR) is 52.8 cm³/mol. The first-order chi connectivity index (χ1) is 7.38. The van der Waals surface area contributed by atoms with E-state index in [0.29, 0.717) is 5.56 Å². The van der Waals surface area contributed by atoms with Gasteiger partial charge in [-0.2, -0.15) is 13.2 Å². The molecule has 0 radical (unpaired) electrons. The summed E-state index contributed by atoms with van der Waals surface area (Å²) in [7, 11) is 0. The van der Waals surface area contributed by atoms with E-state index in [0.717, 1.165) is 6.08 Å². The summed E-state index contributed by atoms with van der Waals surface area (Å²) in [5.41, 5.74) is 0.405. The second-order valence-corrected chi connectivity index (χ2v) is 3.07. The maximum atomic E-state index is 11.8. The van der Waals surface area contributed by atoms with Gasteiger partial charge in [-0.05, 0) is 17.7 Å². The first-order valence-corrected chi connectivity index (χ1v) is 4.36. The van der Waals surface area contributed by atoms with E-state index in [2.05, 4.69) is 0 Å². The smallest absolute Gasteiger partial charge is 0.258 e. The van der Waals surface area contributed by atoms with E-state index in [4.69, 9.17) is 0 Å². The Kier molecular flexibility index (Phi) is 3.65. The van der Waals surface area contributed by atoms with E-state index < -0.39 is 17.5 Å². The van der Waals surface area contributed by atoms with Crippen molar-refractivity contribution in [2.75, 3.05) is 0 Å². The number of rotatable bonds is 3. The van der Waals surface area contributed by atoms with E-state index in [1.54, 1.807) is 0 Å². The fourth-order valence-corrected chi connectivity index (χ4v) is 1.04. The Hall–Kier alpha value is -1.85. The molecule has 0 heterocycles. The molecule has 0 saturated heterocycles. The van der Waals surface area contributed by atoms with Gasteiger partial charge in [0.25, 0.3) is 5.69 Å². The molecule has 0 unspecified atom stereocenters. The van der Waals surface area contributed by atoms with Gasteiger partial charge in [-0.1, -0.05) is 12.2 Å². The number of nitro groups is 1. The predicted octanol–water partition coefficient (Wildman–Crippen LogP) is 3.56. The summed E-state index contributed by atoms with van der Waals surface area (Å²) in [5.74, 6) is 0. The molecule has 0 aliphatic rings. The Morgan fingerprint density at radius 1 is 1.25 bits per heavy atom. The van der Waals surface area contributed by atoms with E-state index >= 15 is 0 Å². The number of hydrogen-bond acceptors (Lipinski definition) is 2. The molecule has 1 rings (SSSR count). The summed E-state index contributed by atoms with van der Waals surface area (Å²) in [5, 5.41) is 10.3. The number of benzene rings is 1. The third kappa shape index (κ3) is 4.12. The van der Waals surface area contributed by atoms with Crippen molar-refractivity contribution >= 4 is 11.8 Å². The zero-order valence-corrected chi connectivity index (χ0v) is 8.07. The van der Waals surface area contributed by atoms with Crippen LogP contribution in [0.5, 0.6) is 0 Å². The standard InChI is InChI=1S/C10H8F3NO2/c11-10(12,13)7-1-2-8-3-5-9(6-4-8)14(15)16/h1-6H,7H2/b2-1+. The molecular weight excluding hydrogens is 223 g/mol. The molecule has 0 aromatic heterocycles. The molecule has 6 heteroatoms. The van der Waals surface area contributed by atoms with Crippen LogP contribution in [0.25, 0.3) is 6.08 Å². The third-order valence-corrected chi connectivity index (χ3v) is 1.76. The fraction of sp³-hybridized carbons (Fsp3) is 0.200. The number of non-ortho nitro benzene ring substituents is 1. The molecule has 0 atom stereocenters. The molecule has 0 aliphatic carbocycles. The van der Waals surface area contributed by atoms with Crippen LogP contribution < -0.4 is 0 Å². The minimum atomic E-state index is -4.22. The molecule has 0 N–H and O–H groups in total. The Morgan fingerprint density at radius 3 is 2.25 bits per heavy atom. The number of nitro benzene ring substituents is 1. The number of halogens is 3. The monoisotopic (exact) mass is 231 g/mol. The van der Waals surface area contributed by atoms with Gasteiger partial charge >= 0.3 is 6.18 Å². The van der Waals surface area contributed by atoms with Gasteiger partial charge < -0.3 is 0 Å². The van der Waals surface area contributed by atoms with Crippen LogP contribution >= 0.6 is 0 Å². The Bertz CT molecular complexity index is 396. The van der Waals surface area contributed by atoms with Crippen LogP contribution in [0.15, 0.2) is 30.3 Å². The van der Waals surface area contributed by atoms with Crippen molar-refractivity contribution in [1.29, 1.82) is 0 Å². The van der Waals surface area contributed by atoms with Gasteiger partial charge in [0, 0.05) is 12.1 Å². The molecule has 3 nitrogen and oxygen atoms in total. The van der Waals surface area contributed by atoms with Gasteiger partial charge in [0.15, 0.2) is 0 Å². The second kappa shape index (κ2) is 4.78. The zero-order chi connectivity index (χ0) is 12.2. The molecule has 1 aromatic rings. The molecule has 0 aliphatic heterocycles. The number of hydrogen-bond donors (Lipinski definition) is 0. The van der Waals surface area contributed by atoms with Crippen molar-refractivity contribution in [2.24, 2.45) is 0 Å². The SMILES string of the molecule is O=[N+]([O-])c1ccc(/C=C/CC(F)(F)F)cc1.